The first kappa shape index (κ1) is 10.7. The predicted octanol–water partition coefficient (Wildman–Crippen LogP) is 2.68. The minimum Gasteiger partial charge on any atom is -0.468 e. The molecule has 0 bridgehead atoms. The second-order valence-corrected chi connectivity index (χ2v) is 4.10. The van der Waals surface area contributed by atoms with E-state index < -0.39 is 0 Å². The molecule has 0 aliphatic heterocycles. The lowest BCUT2D eigenvalue weighted by Gasteiger charge is -2.14. The SMILES string of the molecule is CCNC(CSCC)c1ccco1. The van der Waals surface area contributed by atoms with Crippen molar-refractivity contribution in [1.82, 2.24) is 5.32 Å². The average Bonchev–Trinajstić information content (AvgIpc) is 2.65. The van der Waals surface area contributed by atoms with Crippen molar-refractivity contribution in [3.63, 3.8) is 0 Å². The Kier molecular flexibility index (Phi) is 5.01. The van der Waals surface area contributed by atoms with E-state index in [-0.39, 0.29) is 0 Å². The molecule has 2 nitrogen and oxygen atoms in total. The summed E-state index contributed by atoms with van der Waals surface area (Å²) >= 11 is 1.93. The van der Waals surface area contributed by atoms with E-state index in [1.54, 1.807) is 6.26 Å². The van der Waals surface area contributed by atoms with E-state index in [2.05, 4.69) is 19.2 Å². The number of thioether (sulfide) groups is 1. The van der Waals surface area contributed by atoms with Gasteiger partial charge in [-0.2, -0.15) is 11.8 Å². The predicted molar refractivity (Wildman–Crippen MR) is 58.1 cm³/mol. The van der Waals surface area contributed by atoms with Crippen molar-refractivity contribution in [1.29, 1.82) is 0 Å². The van der Waals surface area contributed by atoms with E-state index in [0.29, 0.717) is 6.04 Å². The van der Waals surface area contributed by atoms with Gasteiger partial charge in [0.05, 0.1) is 12.3 Å². The van der Waals surface area contributed by atoms with Gasteiger partial charge in [0.25, 0.3) is 0 Å². The van der Waals surface area contributed by atoms with Gasteiger partial charge < -0.3 is 9.73 Å². The molecule has 0 aliphatic carbocycles. The molecule has 13 heavy (non-hydrogen) atoms. The maximum atomic E-state index is 5.37. The molecule has 0 radical (unpaired) electrons. The highest BCUT2D eigenvalue weighted by Gasteiger charge is 2.11. The summed E-state index contributed by atoms with van der Waals surface area (Å²) in [5, 5.41) is 3.41. The maximum absolute atomic E-state index is 5.37. The lowest BCUT2D eigenvalue weighted by molar-refractivity contribution is 0.441. The Morgan fingerprint density at radius 2 is 2.38 bits per heavy atom. The van der Waals surface area contributed by atoms with Crippen molar-refractivity contribution < 1.29 is 4.42 Å². The fraction of sp³-hybridized carbons (Fsp3) is 0.600. The fourth-order valence-electron chi connectivity index (χ4n) is 1.21. The Labute approximate surface area is 84.1 Å². The first-order valence-electron chi connectivity index (χ1n) is 4.73. The maximum Gasteiger partial charge on any atom is 0.121 e. The van der Waals surface area contributed by atoms with Crippen LogP contribution >= 0.6 is 11.8 Å². The molecule has 1 unspecified atom stereocenters. The van der Waals surface area contributed by atoms with Gasteiger partial charge in [-0.25, -0.2) is 0 Å². The molecule has 1 heterocycles. The first-order valence-corrected chi connectivity index (χ1v) is 5.88. The Morgan fingerprint density at radius 1 is 1.54 bits per heavy atom. The number of hydrogen-bond donors (Lipinski definition) is 1. The number of nitrogens with one attached hydrogen (secondary N) is 1. The lowest BCUT2D eigenvalue weighted by atomic mass is 10.2. The van der Waals surface area contributed by atoms with Crippen LogP contribution in [0.4, 0.5) is 0 Å². The molecule has 0 fully saturated rings. The third kappa shape index (κ3) is 3.44. The summed E-state index contributed by atoms with van der Waals surface area (Å²) in [7, 11) is 0. The summed E-state index contributed by atoms with van der Waals surface area (Å²) in [6.45, 7) is 5.28. The molecule has 1 aromatic rings. The van der Waals surface area contributed by atoms with Crippen molar-refractivity contribution in [3.05, 3.63) is 24.2 Å². The molecule has 0 saturated carbocycles. The molecule has 1 rings (SSSR count). The summed E-state index contributed by atoms with van der Waals surface area (Å²) in [5.41, 5.74) is 0. The Balaban J connectivity index is 2.47. The van der Waals surface area contributed by atoms with Crippen LogP contribution in [-0.2, 0) is 0 Å². The van der Waals surface area contributed by atoms with E-state index in [9.17, 15) is 0 Å². The standard InChI is InChI=1S/C10H17NOS/c1-3-11-9(8-13-4-2)10-6-5-7-12-10/h5-7,9,11H,3-4,8H2,1-2H3. The number of furan rings is 1. The van der Waals surface area contributed by atoms with Crippen molar-refractivity contribution in [2.75, 3.05) is 18.1 Å². The van der Waals surface area contributed by atoms with Crippen LogP contribution in [-0.4, -0.2) is 18.1 Å². The Morgan fingerprint density at radius 3 is 2.92 bits per heavy atom. The van der Waals surface area contributed by atoms with Gasteiger partial charge >= 0.3 is 0 Å². The van der Waals surface area contributed by atoms with Crippen LogP contribution in [0.3, 0.4) is 0 Å². The monoisotopic (exact) mass is 199 g/mol. The molecular weight excluding hydrogens is 182 g/mol. The molecule has 0 saturated heterocycles. The molecule has 0 aromatic carbocycles. The average molecular weight is 199 g/mol. The second kappa shape index (κ2) is 6.11. The van der Waals surface area contributed by atoms with E-state index in [0.717, 1.165) is 23.8 Å². The van der Waals surface area contributed by atoms with Crippen molar-refractivity contribution in [2.24, 2.45) is 0 Å². The van der Waals surface area contributed by atoms with Crippen LogP contribution in [0.15, 0.2) is 22.8 Å². The van der Waals surface area contributed by atoms with Crippen LogP contribution < -0.4 is 5.32 Å². The van der Waals surface area contributed by atoms with Gasteiger partial charge in [0.15, 0.2) is 0 Å². The Hall–Kier alpha value is -0.410. The summed E-state index contributed by atoms with van der Waals surface area (Å²) in [6, 6.07) is 4.34. The van der Waals surface area contributed by atoms with Crippen LogP contribution in [0.2, 0.25) is 0 Å². The zero-order chi connectivity index (χ0) is 9.52. The zero-order valence-electron chi connectivity index (χ0n) is 8.25. The molecule has 1 N–H and O–H groups in total. The third-order valence-corrected chi connectivity index (χ3v) is 2.80. The van der Waals surface area contributed by atoms with Crippen molar-refractivity contribution in [3.8, 4) is 0 Å². The molecule has 1 atom stereocenters. The number of rotatable bonds is 6. The largest absolute Gasteiger partial charge is 0.468 e. The van der Waals surface area contributed by atoms with Gasteiger partial charge in [0.1, 0.15) is 5.76 Å². The molecule has 0 amide bonds. The summed E-state index contributed by atoms with van der Waals surface area (Å²) in [6.07, 6.45) is 1.73. The zero-order valence-corrected chi connectivity index (χ0v) is 9.06. The van der Waals surface area contributed by atoms with Crippen molar-refractivity contribution in [2.45, 2.75) is 19.9 Å². The quantitative estimate of drug-likeness (QED) is 0.762. The van der Waals surface area contributed by atoms with Gasteiger partial charge in [-0.05, 0) is 24.4 Å². The van der Waals surface area contributed by atoms with Gasteiger partial charge in [0.2, 0.25) is 0 Å². The van der Waals surface area contributed by atoms with Crippen LogP contribution in [0.1, 0.15) is 25.6 Å². The first-order chi connectivity index (χ1) is 6.38. The summed E-state index contributed by atoms with van der Waals surface area (Å²) in [4.78, 5) is 0. The van der Waals surface area contributed by atoms with Gasteiger partial charge in [-0.1, -0.05) is 13.8 Å². The summed E-state index contributed by atoms with van der Waals surface area (Å²) in [5.74, 6) is 3.28. The topological polar surface area (TPSA) is 25.2 Å². The molecule has 0 aliphatic rings. The van der Waals surface area contributed by atoms with Crippen LogP contribution in [0.5, 0.6) is 0 Å². The number of hydrogen-bond acceptors (Lipinski definition) is 3. The summed E-state index contributed by atoms with van der Waals surface area (Å²) < 4.78 is 5.37. The van der Waals surface area contributed by atoms with E-state index >= 15 is 0 Å². The van der Waals surface area contributed by atoms with E-state index in [4.69, 9.17) is 4.42 Å². The van der Waals surface area contributed by atoms with E-state index in [1.807, 2.05) is 23.9 Å². The lowest BCUT2D eigenvalue weighted by Crippen LogP contribution is -2.22. The molecule has 3 heteroatoms. The molecular formula is C10H17NOS. The van der Waals surface area contributed by atoms with E-state index in [1.165, 1.54) is 0 Å². The highest BCUT2D eigenvalue weighted by Crippen LogP contribution is 2.18. The van der Waals surface area contributed by atoms with Crippen LogP contribution in [0, 0.1) is 0 Å². The molecule has 74 valence electrons. The van der Waals surface area contributed by atoms with Crippen LogP contribution in [0.25, 0.3) is 0 Å². The van der Waals surface area contributed by atoms with Gasteiger partial charge in [-0.15, -0.1) is 0 Å². The Bertz CT molecular complexity index is 211. The normalized spacial score (nSPS) is 13.1. The van der Waals surface area contributed by atoms with Crippen molar-refractivity contribution >= 4 is 11.8 Å². The molecule has 1 aromatic heterocycles. The second-order valence-electron chi connectivity index (χ2n) is 2.79. The fourth-order valence-corrected chi connectivity index (χ4v) is 1.97. The highest BCUT2D eigenvalue weighted by molar-refractivity contribution is 7.99. The minimum absolute atomic E-state index is 0.366. The third-order valence-electron chi connectivity index (χ3n) is 1.83. The van der Waals surface area contributed by atoms with Gasteiger partial charge in [0, 0.05) is 5.75 Å². The highest BCUT2D eigenvalue weighted by atomic mass is 32.2. The van der Waals surface area contributed by atoms with Gasteiger partial charge in [-0.3, -0.25) is 0 Å². The molecule has 0 spiro atoms. The smallest absolute Gasteiger partial charge is 0.121 e. The minimum atomic E-state index is 0.366.